The molecule has 2 aliphatic rings. The third kappa shape index (κ3) is 5.71. The van der Waals surface area contributed by atoms with E-state index in [0.29, 0.717) is 32.0 Å². The first-order chi connectivity index (χ1) is 12.1. The van der Waals surface area contributed by atoms with E-state index in [4.69, 9.17) is 0 Å². The topological polar surface area (TPSA) is 61.4 Å². The molecule has 144 valence electrons. The Labute approximate surface area is 162 Å². The van der Waals surface area contributed by atoms with E-state index in [9.17, 15) is 9.59 Å². The van der Waals surface area contributed by atoms with Crippen LogP contribution in [-0.4, -0.2) is 42.9 Å². The fraction of sp³-hybridized carbons (Fsp3) is 0.600. The number of rotatable bonds is 6. The molecule has 0 bridgehead atoms. The summed E-state index contributed by atoms with van der Waals surface area (Å²) < 4.78 is 0. The fourth-order valence-electron chi connectivity index (χ4n) is 3.73. The first kappa shape index (κ1) is 20.7. The van der Waals surface area contributed by atoms with E-state index in [-0.39, 0.29) is 30.1 Å². The van der Waals surface area contributed by atoms with Crippen LogP contribution in [0.4, 0.5) is 0 Å². The number of amides is 2. The highest BCUT2D eigenvalue weighted by Gasteiger charge is 2.34. The van der Waals surface area contributed by atoms with Gasteiger partial charge in [-0.25, -0.2) is 0 Å². The Morgan fingerprint density at radius 3 is 2.77 bits per heavy atom. The molecule has 2 heterocycles. The minimum atomic E-state index is -0.206. The SMILES string of the molecule is Cc1ccc(CN2CC(C(=O)NCCC3CCCNC3)CC2=O)cc1.Cl. The lowest BCUT2D eigenvalue weighted by Crippen LogP contribution is -2.36. The Bertz CT molecular complexity index is 600. The molecule has 1 aromatic carbocycles. The Kier molecular flexibility index (Phi) is 7.91. The highest BCUT2D eigenvalue weighted by molar-refractivity contribution is 5.89. The number of hydrogen-bond donors (Lipinski definition) is 2. The lowest BCUT2D eigenvalue weighted by molar-refractivity contribution is -0.129. The molecular weight excluding hydrogens is 350 g/mol. The molecule has 2 saturated heterocycles. The Morgan fingerprint density at radius 2 is 2.08 bits per heavy atom. The van der Waals surface area contributed by atoms with E-state index in [2.05, 4.69) is 29.7 Å². The maximum absolute atomic E-state index is 12.4. The van der Waals surface area contributed by atoms with Crippen LogP contribution in [0.15, 0.2) is 24.3 Å². The van der Waals surface area contributed by atoms with Gasteiger partial charge in [-0.05, 0) is 50.8 Å². The maximum Gasteiger partial charge on any atom is 0.225 e. The van der Waals surface area contributed by atoms with Crippen molar-refractivity contribution in [3.63, 3.8) is 0 Å². The molecule has 1 aromatic rings. The average Bonchev–Trinajstić information content (AvgIpc) is 2.99. The number of aryl methyl sites for hydroxylation is 1. The van der Waals surface area contributed by atoms with Gasteiger partial charge in [0.2, 0.25) is 11.8 Å². The second kappa shape index (κ2) is 9.93. The van der Waals surface area contributed by atoms with Gasteiger partial charge < -0.3 is 15.5 Å². The number of piperidine rings is 1. The van der Waals surface area contributed by atoms with Crippen molar-refractivity contribution in [2.45, 2.75) is 39.2 Å². The molecule has 6 heteroatoms. The van der Waals surface area contributed by atoms with Crippen molar-refractivity contribution in [1.82, 2.24) is 15.5 Å². The zero-order valence-electron chi connectivity index (χ0n) is 15.5. The number of likely N-dealkylation sites (tertiary alicyclic amines) is 1. The second-order valence-corrected chi connectivity index (χ2v) is 7.45. The van der Waals surface area contributed by atoms with Gasteiger partial charge in [0, 0.05) is 26.1 Å². The van der Waals surface area contributed by atoms with Gasteiger partial charge in [-0.2, -0.15) is 0 Å². The molecule has 0 radical (unpaired) electrons. The number of carbonyl (C=O) groups is 2. The van der Waals surface area contributed by atoms with Crippen LogP contribution in [0.1, 0.15) is 36.8 Å². The molecule has 2 aliphatic heterocycles. The van der Waals surface area contributed by atoms with Crippen molar-refractivity contribution in [3.8, 4) is 0 Å². The number of nitrogens with zero attached hydrogens (tertiary/aromatic N) is 1. The molecule has 2 unspecified atom stereocenters. The van der Waals surface area contributed by atoms with Crippen LogP contribution in [0, 0.1) is 18.8 Å². The molecule has 0 aliphatic carbocycles. The standard InChI is InChI=1S/C20H29N3O2.ClH/c1-15-4-6-17(7-5-15)13-23-14-18(11-19(23)24)20(25)22-10-8-16-3-2-9-21-12-16;/h4-7,16,18,21H,2-3,8-14H2,1H3,(H,22,25);1H. The molecule has 5 nitrogen and oxygen atoms in total. The summed E-state index contributed by atoms with van der Waals surface area (Å²) in [5, 5.41) is 6.44. The van der Waals surface area contributed by atoms with Crippen molar-refractivity contribution in [1.29, 1.82) is 0 Å². The lowest BCUT2D eigenvalue weighted by Gasteiger charge is -2.23. The Hall–Kier alpha value is -1.59. The molecular formula is C20H30ClN3O2. The third-order valence-electron chi connectivity index (χ3n) is 5.33. The number of nitrogens with one attached hydrogen (secondary N) is 2. The maximum atomic E-state index is 12.4. The summed E-state index contributed by atoms with van der Waals surface area (Å²) in [5.41, 5.74) is 2.33. The van der Waals surface area contributed by atoms with Gasteiger partial charge in [-0.3, -0.25) is 9.59 Å². The molecule has 0 aromatic heterocycles. The first-order valence-electron chi connectivity index (χ1n) is 9.43. The molecule has 0 saturated carbocycles. The van der Waals surface area contributed by atoms with Crippen molar-refractivity contribution in [3.05, 3.63) is 35.4 Å². The Balaban J connectivity index is 0.00000243. The van der Waals surface area contributed by atoms with Gasteiger partial charge in [-0.15, -0.1) is 12.4 Å². The number of benzene rings is 1. The van der Waals surface area contributed by atoms with E-state index >= 15 is 0 Å². The highest BCUT2D eigenvalue weighted by Crippen LogP contribution is 2.21. The van der Waals surface area contributed by atoms with Crippen LogP contribution in [0.3, 0.4) is 0 Å². The second-order valence-electron chi connectivity index (χ2n) is 7.45. The van der Waals surface area contributed by atoms with Crippen molar-refractivity contribution < 1.29 is 9.59 Å². The molecule has 2 N–H and O–H groups in total. The predicted molar refractivity (Wildman–Crippen MR) is 105 cm³/mol. The van der Waals surface area contributed by atoms with Crippen molar-refractivity contribution in [2.24, 2.45) is 11.8 Å². The quantitative estimate of drug-likeness (QED) is 0.797. The van der Waals surface area contributed by atoms with Crippen LogP contribution >= 0.6 is 12.4 Å². The third-order valence-corrected chi connectivity index (χ3v) is 5.33. The number of halogens is 1. The average molecular weight is 380 g/mol. The van der Waals surface area contributed by atoms with E-state index in [1.807, 2.05) is 12.1 Å². The molecule has 2 fully saturated rings. The van der Waals surface area contributed by atoms with Crippen LogP contribution in [0.5, 0.6) is 0 Å². The van der Waals surface area contributed by atoms with Gasteiger partial charge >= 0.3 is 0 Å². The highest BCUT2D eigenvalue weighted by atomic mass is 35.5. The van der Waals surface area contributed by atoms with E-state index in [1.165, 1.54) is 18.4 Å². The van der Waals surface area contributed by atoms with Crippen LogP contribution in [0.25, 0.3) is 0 Å². The van der Waals surface area contributed by atoms with Crippen LogP contribution < -0.4 is 10.6 Å². The van der Waals surface area contributed by atoms with Crippen molar-refractivity contribution in [2.75, 3.05) is 26.2 Å². The van der Waals surface area contributed by atoms with Crippen LogP contribution in [-0.2, 0) is 16.1 Å². The lowest BCUT2D eigenvalue weighted by atomic mass is 9.96. The van der Waals surface area contributed by atoms with Gasteiger partial charge in [0.1, 0.15) is 0 Å². The molecule has 2 atom stereocenters. The minimum Gasteiger partial charge on any atom is -0.356 e. The number of hydrogen-bond acceptors (Lipinski definition) is 3. The Morgan fingerprint density at radius 1 is 1.31 bits per heavy atom. The normalized spacial score (nSPS) is 22.8. The molecule has 26 heavy (non-hydrogen) atoms. The zero-order chi connectivity index (χ0) is 17.6. The van der Waals surface area contributed by atoms with E-state index in [1.54, 1.807) is 4.90 Å². The van der Waals surface area contributed by atoms with Crippen molar-refractivity contribution >= 4 is 24.2 Å². The zero-order valence-corrected chi connectivity index (χ0v) is 16.3. The number of carbonyl (C=O) groups excluding carboxylic acids is 2. The summed E-state index contributed by atoms with van der Waals surface area (Å²) in [6.07, 6.45) is 3.83. The van der Waals surface area contributed by atoms with E-state index in [0.717, 1.165) is 25.1 Å². The summed E-state index contributed by atoms with van der Waals surface area (Å²) in [4.78, 5) is 26.4. The molecule has 2 amide bonds. The van der Waals surface area contributed by atoms with Gasteiger partial charge in [-0.1, -0.05) is 29.8 Å². The van der Waals surface area contributed by atoms with Gasteiger partial charge in [0.25, 0.3) is 0 Å². The molecule has 0 spiro atoms. The summed E-state index contributed by atoms with van der Waals surface area (Å²) in [5.74, 6) is 0.570. The summed E-state index contributed by atoms with van der Waals surface area (Å²) in [6.45, 7) is 6.06. The smallest absolute Gasteiger partial charge is 0.225 e. The monoisotopic (exact) mass is 379 g/mol. The van der Waals surface area contributed by atoms with E-state index < -0.39 is 0 Å². The fourth-order valence-corrected chi connectivity index (χ4v) is 3.73. The minimum absolute atomic E-state index is 0. The summed E-state index contributed by atoms with van der Waals surface area (Å²) in [6, 6.07) is 8.21. The molecule has 3 rings (SSSR count). The van der Waals surface area contributed by atoms with Gasteiger partial charge in [0.05, 0.1) is 5.92 Å². The van der Waals surface area contributed by atoms with Gasteiger partial charge in [0.15, 0.2) is 0 Å². The first-order valence-corrected chi connectivity index (χ1v) is 9.43. The van der Waals surface area contributed by atoms with Crippen LogP contribution in [0.2, 0.25) is 0 Å². The summed E-state index contributed by atoms with van der Waals surface area (Å²) >= 11 is 0. The summed E-state index contributed by atoms with van der Waals surface area (Å²) in [7, 11) is 0. The largest absolute Gasteiger partial charge is 0.356 e. The predicted octanol–water partition coefficient (Wildman–Crippen LogP) is 2.27.